The Morgan fingerprint density at radius 1 is 1.00 bits per heavy atom. The number of carbonyl (C=O) groups excluding carboxylic acids is 2. The second-order valence-electron chi connectivity index (χ2n) is 4.77. The van der Waals surface area contributed by atoms with Gasteiger partial charge in [0, 0.05) is 6.42 Å². The molecule has 0 aromatic heterocycles. The molecule has 1 aliphatic carbocycles. The van der Waals surface area contributed by atoms with Crippen molar-refractivity contribution in [1.29, 1.82) is 0 Å². The molecule has 1 aliphatic heterocycles. The van der Waals surface area contributed by atoms with E-state index in [4.69, 9.17) is 0 Å². The first-order valence-electron chi connectivity index (χ1n) is 6.11. The maximum Gasteiger partial charge on any atom is 0.262 e. The molecule has 2 N–H and O–H groups in total. The molecule has 98 valence electrons. The monoisotopic (exact) mass is 259 g/mol. The highest BCUT2D eigenvalue weighted by molar-refractivity contribution is 6.21. The van der Waals surface area contributed by atoms with Crippen molar-refractivity contribution in [2.75, 3.05) is 0 Å². The van der Waals surface area contributed by atoms with E-state index in [2.05, 4.69) is 0 Å². The molecular weight excluding hydrogens is 246 g/mol. The van der Waals surface area contributed by atoms with Crippen LogP contribution in [0.15, 0.2) is 36.4 Å². The highest BCUT2D eigenvalue weighted by atomic mass is 16.3. The molecule has 0 saturated carbocycles. The van der Waals surface area contributed by atoms with Crippen molar-refractivity contribution in [2.45, 2.75) is 24.7 Å². The summed E-state index contributed by atoms with van der Waals surface area (Å²) in [6.07, 6.45) is 1.27. The third-order valence-corrected chi connectivity index (χ3v) is 3.56. The van der Waals surface area contributed by atoms with Crippen LogP contribution in [0.1, 0.15) is 27.1 Å². The predicted molar refractivity (Wildman–Crippen MR) is 66.5 cm³/mol. The summed E-state index contributed by atoms with van der Waals surface area (Å²) < 4.78 is 0. The first-order valence-corrected chi connectivity index (χ1v) is 6.11. The van der Waals surface area contributed by atoms with E-state index in [9.17, 15) is 19.8 Å². The van der Waals surface area contributed by atoms with Crippen LogP contribution in [0.25, 0.3) is 0 Å². The van der Waals surface area contributed by atoms with Gasteiger partial charge in [0.05, 0.1) is 29.4 Å². The zero-order valence-electron chi connectivity index (χ0n) is 10.1. The number of nitrogens with zero attached hydrogens (tertiary/aromatic N) is 1. The summed E-state index contributed by atoms with van der Waals surface area (Å²) in [4.78, 5) is 25.6. The number of imide groups is 1. The second-order valence-corrected chi connectivity index (χ2v) is 4.77. The molecule has 2 amide bonds. The molecule has 0 saturated heterocycles. The van der Waals surface area contributed by atoms with Crippen LogP contribution in [0.4, 0.5) is 0 Å². The number of aliphatic hydroxyl groups is 2. The topological polar surface area (TPSA) is 77.8 Å². The number of hydrogen-bond acceptors (Lipinski definition) is 4. The molecule has 5 nitrogen and oxygen atoms in total. The average Bonchev–Trinajstić information content (AvgIpc) is 2.66. The molecule has 0 radical (unpaired) electrons. The fourth-order valence-electron chi connectivity index (χ4n) is 2.54. The predicted octanol–water partition coefficient (Wildman–Crippen LogP) is 0.333. The Balaban J connectivity index is 1.95. The zero-order chi connectivity index (χ0) is 13.6. The first-order chi connectivity index (χ1) is 9.09. The van der Waals surface area contributed by atoms with E-state index >= 15 is 0 Å². The van der Waals surface area contributed by atoms with E-state index in [0.29, 0.717) is 11.1 Å². The zero-order valence-corrected chi connectivity index (χ0v) is 10.1. The lowest BCUT2D eigenvalue weighted by Gasteiger charge is -2.30. The molecule has 1 aromatic rings. The van der Waals surface area contributed by atoms with Gasteiger partial charge in [0.15, 0.2) is 0 Å². The Labute approximate surface area is 109 Å². The lowest BCUT2D eigenvalue weighted by molar-refractivity contribution is 0.0192. The van der Waals surface area contributed by atoms with Crippen molar-refractivity contribution in [3.63, 3.8) is 0 Å². The van der Waals surface area contributed by atoms with Gasteiger partial charge in [-0.15, -0.1) is 0 Å². The molecule has 0 spiro atoms. The van der Waals surface area contributed by atoms with Gasteiger partial charge in [0.1, 0.15) is 0 Å². The Kier molecular flexibility index (Phi) is 2.73. The lowest BCUT2D eigenvalue weighted by Crippen LogP contribution is -2.44. The van der Waals surface area contributed by atoms with Gasteiger partial charge in [-0.25, -0.2) is 0 Å². The third-order valence-electron chi connectivity index (χ3n) is 3.56. The van der Waals surface area contributed by atoms with Crippen molar-refractivity contribution in [2.24, 2.45) is 0 Å². The number of aliphatic hydroxyl groups excluding tert-OH is 2. The Bertz CT molecular complexity index is 546. The first kappa shape index (κ1) is 12.1. The minimum Gasteiger partial charge on any atom is -0.390 e. The summed E-state index contributed by atoms with van der Waals surface area (Å²) in [7, 11) is 0. The van der Waals surface area contributed by atoms with Crippen LogP contribution in [0, 0.1) is 0 Å². The van der Waals surface area contributed by atoms with Crippen LogP contribution in [0.3, 0.4) is 0 Å². The van der Waals surface area contributed by atoms with E-state index in [1.807, 2.05) is 0 Å². The van der Waals surface area contributed by atoms with Crippen LogP contribution in [0.2, 0.25) is 0 Å². The summed E-state index contributed by atoms with van der Waals surface area (Å²) in [5.74, 6) is -0.697. The van der Waals surface area contributed by atoms with Crippen LogP contribution in [0.5, 0.6) is 0 Å². The largest absolute Gasteiger partial charge is 0.390 e. The van der Waals surface area contributed by atoms with Crippen molar-refractivity contribution < 1.29 is 19.8 Å². The normalized spacial score (nSPS) is 29.8. The molecular formula is C14H13NO4. The van der Waals surface area contributed by atoms with Gasteiger partial charge in [-0.1, -0.05) is 24.3 Å². The molecule has 3 rings (SSSR count). The smallest absolute Gasteiger partial charge is 0.262 e. The molecule has 0 bridgehead atoms. The third kappa shape index (κ3) is 1.78. The van der Waals surface area contributed by atoms with Gasteiger partial charge in [-0.3, -0.25) is 14.5 Å². The standard InChI is InChI=1S/C14H13NO4/c16-11-6-5-8(7-12(11)17)15-13(18)9-3-1-2-4-10(9)14(15)19/h1-6,8,11-12,16-17H,7H2/t8-,11-,12+/m0/s1. The van der Waals surface area contributed by atoms with Crippen molar-refractivity contribution in [3.05, 3.63) is 47.5 Å². The number of hydrogen-bond donors (Lipinski definition) is 2. The SMILES string of the molecule is O=C1c2ccccc2C(=O)N1[C@H]1C=C[C@H](O)[C@H](O)C1. The number of fused-ring (bicyclic) bond motifs is 1. The summed E-state index contributed by atoms with van der Waals surface area (Å²) in [6, 6.07) is 6.15. The van der Waals surface area contributed by atoms with E-state index in [1.165, 1.54) is 6.08 Å². The summed E-state index contributed by atoms with van der Waals surface area (Å²) in [6.45, 7) is 0. The highest BCUT2D eigenvalue weighted by Gasteiger charge is 2.40. The fourth-order valence-corrected chi connectivity index (χ4v) is 2.54. The van der Waals surface area contributed by atoms with Crippen molar-refractivity contribution in [3.8, 4) is 0 Å². The molecule has 1 aromatic carbocycles. The molecule has 5 heteroatoms. The van der Waals surface area contributed by atoms with Crippen LogP contribution in [-0.4, -0.2) is 45.2 Å². The number of rotatable bonds is 1. The summed E-state index contributed by atoms with van der Waals surface area (Å²) in [5.41, 5.74) is 0.781. The Hall–Kier alpha value is -1.98. The van der Waals surface area contributed by atoms with E-state index in [1.54, 1.807) is 30.3 Å². The van der Waals surface area contributed by atoms with Crippen molar-refractivity contribution >= 4 is 11.8 Å². The maximum absolute atomic E-state index is 12.2. The molecule has 3 atom stereocenters. The molecule has 1 heterocycles. The van der Waals surface area contributed by atoms with Crippen LogP contribution in [-0.2, 0) is 0 Å². The number of carbonyl (C=O) groups is 2. The van der Waals surface area contributed by atoms with Gasteiger partial charge in [-0.05, 0) is 12.1 Å². The Morgan fingerprint density at radius 2 is 1.58 bits per heavy atom. The summed E-state index contributed by atoms with van der Waals surface area (Å²) in [5, 5.41) is 19.1. The Morgan fingerprint density at radius 3 is 2.11 bits per heavy atom. The van der Waals surface area contributed by atoms with Crippen molar-refractivity contribution in [1.82, 2.24) is 4.90 Å². The van der Waals surface area contributed by atoms with Crippen LogP contribution < -0.4 is 0 Å². The molecule has 19 heavy (non-hydrogen) atoms. The number of amides is 2. The van der Waals surface area contributed by atoms with E-state index < -0.39 is 18.2 Å². The quantitative estimate of drug-likeness (QED) is 0.563. The van der Waals surface area contributed by atoms with E-state index in [0.717, 1.165) is 4.90 Å². The molecule has 2 aliphatic rings. The minimum atomic E-state index is -0.959. The van der Waals surface area contributed by atoms with Gasteiger partial charge in [0.2, 0.25) is 0 Å². The molecule has 0 unspecified atom stereocenters. The minimum absolute atomic E-state index is 0.156. The van der Waals surface area contributed by atoms with Gasteiger partial charge >= 0.3 is 0 Å². The average molecular weight is 259 g/mol. The molecule has 0 fully saturated rings. The second kappa shape index (κ2) is 4.29. The fraction of sp³-hybridized carbons (Fsp3) is 0.286. The van der Waals surface area contributed by atoms with Crippen LogP contribution >= 0.6 is 0 Å². The van der Waals surface area contributed by atoms with Gasteiger partial charge < -0.3 is 10.2 Å². The maximum atomic E-state index is 12.2. The van der Waals surface area contributed by atoms with Gasteiger partial charge in [-0.2, -0.15) is 0 Å². The lowest BCUT2D eigenvalue weighted by atomic mass is 9.96. The van der Waals surface area contributed by atoms with E-state index in [-0.39, 0.29) is 18.2 Å². The summed E-state index contributed by atoms with van der Waals surface area (Å²) >= 11 is 0. The number of benzene rings is 1. The highest BCUT2D eigenvalue weighted by Crippen LogP contribution is 2.28. The van der Waals surface area contributed by atoms with Gasteiger partial charge in [0.25, 0.3) is 11.8 Å².